The average Bonchev–Trinajstić information content (AvgIpc) is 2.12. The topological polar surface area (TPSA) is 40.6 Å². The van der Waals surface area contributed by atoms with E-state index in [1.807, 2.05) is 13.8 Å². The molecule has 0 aromatic rings. The molecular formula is C9H16N2O2. The summed E-state index contributed by atoms with van der Waals surface area (Å²) in [6, 6.07) is -0.124. The Morgan fingerprint density at radius 3 is 2.54 bits per heavy atom. The highest BCUT2D eigenvalue weighted by atomic mass is 16.2. The lowest BCUT2D eigenvalue weighted by atomic mass is 10.2. The molecule has 1 fully saturated rings. The molecule has 74 valence electrons. The number of urea groups is 1. The second kappa shape index (κ2) is 4.25. The van der Waals surface area contributed by atoms with Crippen LogP contribution in [0.1, 0.15) is 26.7 Å². The third kappa shape index (κ3) is 1.99. The van der Waals surface area contributed by atoms with Gasteiger partial charge in [-0.3, -0.25) is 9.69 Å². The Morgan fingerprint density at radius 1 is 1.31 bits per heavy atom. The van der Waals surface area contributed by atoms with Gasteiger partial charge in [0.15, 0.2) is 0 Å². The molecule has 4 heteroatoms. The van der Waals surface area contributed by atoms with Crippen LogP contribution in [0.5, 0.6) is 0 Å². The maximum absolute atomic E-state index is 11.6. The lowest BCUT2D eigenvalue weighted by Crippen LogP contribution is -2.52. The molecule has 1 aliphatic heterocycles. The lowest BCUT2D eigenvalue weighted by molar-refractivity contribution is -0.130. The Balaban J connectivity index is 2.66. The average molecular weight is 184 g/mol. The molecular weight excluding hydrogens is 168 g/mol. The van der Waals surface area contributed by atoms with E-state index in [9.17, 15) is 9.59 Å². The zero-order chi connectivity index (χ0) is 9.84. The van der Waals surface area contributed by atoms with Gasteiger partial charge in [0, 0.05) is 26.1 Å². The molecule has 3 amide bonds. The van der Waals surface area contributed by atoms with E-state index in [-0.39, 0.29) is 11.9 Å². The van der Waals surface area contributed by atoms with Crippen molar-refractivity contribution in [2.75, 3.05) is 19.6 Å². The minimum absolute atomic E-state index is 0.0310. The summed E-state index contributed by atoms with van der Waals surface area (Å²) in [7, 11) is 0. The van der Waals surface area contributed by atoms with Crippen molar-refractivity contribution in [2.24, 2.45) is 0 Å². The van der Waals surface area contributed by atoms with Gasteiger partial charge in [-0.2, -0.15) is 0 Å². The Labute approximate surface area is 78.5 Å². The summed E-state index contributed by atoms with van der Waals surface area (Å²) >= 11 is 0. The van der Waals surface area contributed by atoms with Crippen LogP contribution in [-0.2, 0) is 4.79 Å². The number of imide groups is 1. The predicted octanol–water partition coefficient (Wildman–Crippen LogP) is 1.07. The fraction of sp³-hybridized carbons (Fsp3) is 0.778. The summed E-state index contributed by atoms with van der Waals surface area (Å²) in [6.45, 7) is 5.71. The van der Waals surface area contributed by atoms with Crippen LogP contribution in [0.25, 0.3) is 0 Å². The molecule has 0 spiro atoms. The molecule has 13 heavy (non-hydrogen) atoms. The first-order valence-electron chi connectivity index (χ1n) is 4.80. The molecule has 0 bridgehead atoms. The first-order chi connectivity index (χ1) is 6.20. The van der Waals surface area contributed by atoms with Crippen molar-refractivity contribution < 1.29 is 9.59 Å². The highest BCUT2D eigenvalue weighted by Gasteiger charge is 2.29. The smallest absolute Gasteiger partial charge is 0.324 e. The number of carbonyl (C=O) groups excluding carboxylic acids is 2. The fourth-order valence-corrected chi connectivity index (χ4v) is 1.48. The highest BCUT2D eigenvalue weighted by Crippen LogP contribution is 2.10. The van der Waals surface area contributed by atoms with Crippen LogP contribution < -0.4 is 0 Å². The molecule has 0 radical (unpaired) electrons. The summed E-state index contributed by atoms with van der Waals surface area (Å²) in [6.07, 6.45) is 1.30. The van der Waals surface area contributed by atoms with Crippen molar-refractivity contribution in [1.29, 1.82) is 0 Å². The van der Waals surface area contributed by atoms with Crippen molar-refractivity contribution in [2.45, 2.75) is 26.7 Å². The van der Waals surface area contributed by atoms with Crippen LogP contribution in [0.2, 0.25) is 0 Å². The molecule has 0 unspecified atom stereocenters. The number of rotatable bonds is 3. The van der Waals surface area contributed by atoms with E-state index in [4.69, 9.17) is 0 Å². The van der Waals surface area contributed by atoms with E-state index in [1.165, 1.54) is 4.90 Å². The van der Waals surface area contributed by atoms with Gasteiger partial charge in [-0.05, 0) is 13.3 Å². The van der Waals surface area contributed by atoms with Crippen molar-refractivity contribution >= 4 is 11.9 Å². The standard InChI is InChI=1S/C9H16N2O2/c1-3-6-11-8(12)5-7-10(4-2)9(11)13/h3-7H2,1-2H3. The summed E-state index contributed by atoms with van der Waals surface area (Å²) in [5, 5.41) is 0. The molecule has 1 aliphatic rings. The zero-order valence-corrected chi connectivity index (χ0v) is 8.25. The van der Waals surface area contributed by atoms with Gasteiger partial charge in [-0.1, -0.05) is 6.92 Å². The van der Waals surface area contributed by atoms with Crippen LogP contribution in [0.4, 0.5) is 4.79 Å². The molecule has 1 rings (SSSR count). The molecule has 0 aliphatic carbocycles. The minimum atomic E-state index is -0.124. The van der Waals surface area contributed by atoms with E-state index in [1.54, 1.807) is 4.90 Å². The second-order valence-corrected chi connectivity index (χ2v) is 3.16. The van der Waals surface area contributed by atoms with E-state index in [0.717, 1.165) is 6.42 Å². The molecule has 0 saturated carbocycles. The van der Waals surface area contributed by atoms with Crippen LogP contribution in [-0.4, -0.2) is 41.4 Å². The summed E-state index contributed by atoms with van der Waals surface area (Å²) in [4.78, 5) is 26.0. The maximum Gasteiger partial charge on any atom is 0.326 e. The van der Waals surface area contributed by atoms with Crippen molar-refractivity contribution in [3.05, 3.63) is 0 Å². The molecule has 0 atom stereocenters. The van der Waals surface area contributed by atoms with Gasteiger partial charge in [0.1, 0.15) is 0 Å². The first-order valence-corrected chi connectivity index (χ1v) is 4.80. The summed E-state index contributed by atoms with van der Waals surface area (Å²) < 4.78 is 0. The largest absolute Gasteiger partial charge is 0.326 e. The lowest BCUT2D eigenvalue weighted by Gasteiger charge is -2.33. The van der Waals surface area contributed by atoms with Crippen LogP contribution >= 0.6 is 0 Å². The minimum Gasteiger partial charge on any atom is -0.324 e. The predicted molar refractivity (Wildman–Crippen MR) is 49.3 cm³/mol. The van der Waals surface area contributed by atoms with Gasteiger partial charge in [0.2, 0.25) is 5.91 Å². The van der Waals surface area contributed by atoms with Crippen molar-refractivity contribution in [1.82, 2.24) is 9.80 Å². The maximum atomic E-state index is 11.6. The number of hydrogen-bond acceptors (Lipinski definition) is 2. The van der Waals surface area contributed by atoms with Crippen molar-refractivity contribution in [3.8, 4) is 0 Å². The van der Waals surface area contributed by atoms with Gasteiger partial charge in [-0.15, -0.1) is 0 Å². The van der Waals surface area contributed by atoms with Crippen LogP contribution in [0.15, 0.2) is 0 Å². The van der Waals surface area contributed by atoms with E-state index >= 15 is 0 Å². The second-order valence-electron chi connectivity index (χ2n) is 3.16. The zero-order valence-electron chi connectivity index (χ0n) is 8.25. The molecule has 1 saturated heterocycles. The fourth-order valence-electron chi connectivity index (χ4n) is 1.48. The molecule has 0 N–H and O–H groups in total. The van der Waals surface area contributed by atoms with Crippen molar-refractivity contribution in [3.63, 3.8) is 0 Å². The Bertz CT molecular complexity index is 216. The summed E-state index contributed by atoms with van der Waals surface area (Å²) in [5.41, 5.74) is 0. The van der Waals surface area contributed by atoms with Gasteiger partial charge in [-0.25, -0.2) is 4.79 Å². The Kier molecular flexibility index (Phi) is 3.28. The molecule has 4 nitrogen and oxygen atoms in total. The monoisotopic (exact) mass is 184 g/mol. The Hall–Kier alpha value is -1.06. The van der Waals surface area contributed by atoms with E-state index in [0.29, 0.717) is 26.1 Å². The van der Waals surface area contributed by atoms with E-state index in [2.05, 4.69) is 0 Å². The number of hydrogen-bond donors (Lipinski definition) is 0. The van der Waals surface area contributed by atoms with Gasteiger partial charge >= 0.3 is 6.03 Å². The van der Waals surface area contributed by atoms with E-state index < -0.39 is 0 Å². The third-order valence-corrected chi connectivity index (χ3v) is 2.23. The molecule has 0 aromatic heterocycles. The third-order valence-electron chi connectivity index (χ3n) is 2.23. The molecule has 0 aromatic carbocycles. The number of amides is 3. The van der Waals surface area contributed by atoms with Crippen LogP contribution in [0.3, 0.4) is 0 Å². The van der Waals surface area contributed by atoms with Gasteiger partial charge in [0.25, 0.3) is 0 Å². The molecule has 1 heterocycles. The first kappa shape index (κ1) is 10.0. The highest BCUT2D eigenvalue weighted by molar-refractivity contribution is 5.96. The van der Waals surface area contributed by atoms with Crippen LogP contribution in [0, 0.1) is 0 Å². The number of carbonyl (C=O) groups is 2. The SMILES string of the molecule is CCCN1C(=O)CCN(CC)C1=O. The quantitative estimate of drug-likeness (QED) is 0.658. The van der Waals surface area contributed by atoms with Gasteiger partial charge < -0.3 is 4.90 Å². The normalized spacial score (nSPS) is 18.3. The summed E-state index contributed by atoms with van der Waals surface area (Å²) in [5.74, 6) is -0.0310. The number of nitrogens with zero attached hydrogens (tertiary/aromatic N) is 2. The van der Waals surface area contributed by atoms with Gasteiger partial charge in [0.05, 0.1) is 0 Å². The Morgan fingerprint density at radius 2 is 2.00 bits per heavy atom.